The first-order valence-corrected chi connectivity index (χ1v) is 8.53. The molecular formula is C15H20FN3O2S. The summed E-state index contributed by atoms with van der Waals surface area (Å²) in [6.45, 7) is 3.24. The van der Waals surface area contributed by atoms with Crippen molar-refractivity contribution in [3.63, 3.8) is 0 Å². The third-order valence-electron chi connectivity index (χ3n) is 4.49. The molecule has 5 nitrogen and oxygen atoms in total. The zero-order valence-corrected chi connectivity index (χ0v) is 13.4. The zero-order chi connectivity index (χ0) is 15.7. The number of carbonyl (C=O) groups excluding carboxylic acids is 2. The number of alkyl halides is 1. The lowest BCUT2D eigenvalue weighted by atomic mass is 10.0. The number of nitrogens with zero attached hydrogens (tertiary/aromatic N) is 3. The first kappa shape index (κ1) is 15.4. The van der Waals surface area contributed by atoms with E-state index < -0.39 is 6.67 Å². The van der Waals surface area contributed by atoms with Crippen molar-refractivity contribution in [2.75, 3.05) is 26.3 Å². The molecule has 2 amide bonds. The number of likely N-dealkylation sites (tertiary alicyclic amines) is 2. The van der Waals surface area contributed by atoms with Crippen LogP contribution in [-0.2, 0) is 4.79 Å². The average molecular weight is 325 g/mol. The molecule has 22 heavy (non-hydrogen) atoms. The first-order chi connectivity index (χ1) is 10.6. The Labute approximate surface area is 133 Å². The second-order valence-electron chi connectivity index (χ2n) is 6.05. The Balaban J connectivity index is 1.56. The third kappa shape index (κ3) is 2.99. The van der Waals surface area contributed by atoms with Crippen LogP contribution in [0.2, 0.25) is 0 Å². The monoisotopic (exact) mass is 325 g/mol. The Kier molecular flexibility index (Phi) is 4.42. The lowest BCUT2D eigenvalue weighted by molar-refractivity contribution is -0.130. The highest BCUT2D eigenvalue weighted by molar-refractivity contribution is 7.09. The summed E-state index contributed by atoms with van der Waals surface area (Å²) in [5, 5.41) is 2.68. The molecule has 0 spiro atoms. The van der Waals surface area contributed by atoms with E-state index in [9.17, 15) is 14.0 Å². The van der Waals surface area contributed by atoms with Crippen LogP contribution in [0.15, 0.2) is 5.38 Å². The summed E-state index contributed by atoms with van der Waals surface area (Å²) in [6, 6.07) is 0.144. The van der Waals surface area contributed by atoms with E-state index in [1.165, 1.54) is 11.3 Å². The van der Waals surface area contributed by atoms with Crippen molar-refractivity contribution in [3.8, 4) is 0 Å². The smallest absolute Gasteiger partial charge is 0.273 e. The van der Waals surface area contributed by atoms with Crippen LogP contribution in [0.5, 0.6) is 0 Å². The SMILES string of the molecule is Cc1nc(C(=O)N2CCC(N3CC(CF)CC3=O)CC2)cs1. The summed E-state index contributed by atoms with van der Waals surface area (Å²) >= 11 is 1.47. The van der Waals surface area contributed by atoms with Gasteiger partial charge in [-0.05, 0) is 19.8 Å². The third-order valence-corrected chi connectivity index (χ3v) is 5.26. The lowest BCUT2D eigenvalue weighted by Crippen LogP contribution is -2.47. The molecule has 1 unspecified atom stereocenters. The summed E-state index contributed by atoms with van der Waals surface area (Å²) in [5.74, 6) is -0.120. The van der Waals surface area contributed by atoms with E-state index in [4.69, 9.17) is 0 Å². The number of thiazole rings is 1. The molecule has 2 aliphatic heterocycles. The van der Waals surface area contributed by atoms with Crippen molar-refractivity contribution in [1.29, 1.82) is 0 Å². The second kappa shape index (κ2) is 6.32. The normalized spacial score (nSPS) is 23.4. The van der Waals surface area contributed by atoms with Gasteiger partial charge in [0.05, 0.1) is 11.7 Å². The number of hydrogen-bond donors (Lipinski definition) is 0. The Morgan fingerprint density at radius 2 is 2.18 bits per heavy atom. The van der Waals surface area contributed by atoms with Crippen molar-refractivity contribution in [1.82, 2.24) is 14.8 Å². The molecule has 0 aromatic carbocycles. The van der Waals surface area contributed by atoms with E-state index in [2.05, 4.69) is 4.98 Å². The average Bonchev–Trinajstić information content (AvgIpc) is 3.12. The number of rotatable bonds is 3. The minimum absolute atomic E-state index is 0.0304. The Hall–Kier alpha value is -1.50. The van der Waals surface area contributed by atoms with Crippen LogP contribution >= 0.6 is 11.3 Å². The molecular weight excluding hydrogens is 305 g/mol. The van der Waals surface area contributed by atoms with Gasteiger partial charge in [-0.15, -0.1) is 11.3 Å². The largest absolute Gasteiger partial charge is 0.339 e. The molecule has 0 bridgehead atoms. The fraction of sp³-hybridized carbons (Fsp3) is 0.667. The first-order valence-electron chi connectivity index (χ1n) is 7.65. The molecule has 7 heteroatoms. The quantitative estimate of drug-likeness (QED) is 0.852. The van der Waals surface area contributed by atoms with Crippen LogP contribution in [0.25, 0.3) is 0 Å². The molecule has 120 valence electrons. The minimum atomic E-state index is -0.428. The van der Waals surface area contributed by atoms with Crippen LogP contribution in [-0.4, -0.2) is 58.9 Å². The number of amides is 2. The van der Waals surface area contributed by atoms with Crippen LogP contribution in [0, 0.1) is 12.8 Å². The van der Waals surface area contributed by atoms with Crippen LogP contribution in [0.4, 0.5) is 4.39 Å². The fourth-order valence-electron chi connectivity index (χ4n) is 3.27. The van der Waals surface area contributed by atoms with Gasteiger partial charge in [0.25, 0.3) is 5.91 Å². The Morgan fingerprint density at radius 3 is 2.73 bits per heavy atom. The van der Waals surface area contributed by atoms with E-state index in [0.29, 0.717) is 31.7 Å². The summed E-state index contributed by atoms with van der Waals surface area (Å²) in [5.41, 5.74) is 0.510. The van der Waals surface area contributed by atoms with Gasteiger partial charge in [0, 0.05) is 43.4 Å². The second-order valence-corrected chi connectivity index (χ2v) is 7.11. The van der Waals surface area contributed by atoms with Gasteiger partial charge in [-0.2, -0.15) is 0 Å². The molecule has 1 aromatic rings. The maximum Gasteiger partial charge on any atom is 0.273 e. The lowest BCUT2D eigenvalue weighted by Gasteiger charge is -2.36. The van der Waals surface area contributed by atoms with Gasteiger partial charge >= 0.3 is 0 Å². The number of halogens is 1. The van der Waals surface area contributed by atoms with Crippen molar-refractivity contribution >= 4 is 23.2 Å². The standard InChI is InChI=1S/C15H20FN3O2S/c1-10-17-13(9-22-10)15(21)18-4-2-12(3-5-18)19-8-11(7-16)6-14(19)20/h9,11-12H,2-8H2,1H3. The van der Waals surface area contributed by atoms with Gasteiger partial charge in [0.1, 0.15) is 5.69 Å². The van der Waals surface area contributed by atoms with Crippen molar-refractivity contribution in [2.45, 2.75) is 32.2 Å². The number of aryl methyl sites for hydroxylation is 1. The molecule has 0 N–H and O–H groups in total. The molecule has 2 saturated heterocycles. The van der Waals surface area contributed by atoms with Gasteiger partial charge in [-0.3, -0.25) is 14.0 Å². The Morgan fingerprint density at radius 1 is 1.45 bits per heavy atom. The molecule has 0 saturated carbocycles. The highest BCUT2D eigenvalue weighted by atomic mass is 32.1. The number of piperidine rings is 1. The summed E-state index contributed by atoms with van der Waals surface area (Å²) in [4.78, 5) is 32.2. The predicted octanol–water partition coefficient (Wildman–Crippen LogP) is 1.87. The highest BCUT2D eigenvalue weighted by Crippen LogP contribution is 2.26. The maximum atomic E-state index is 12.7. The van der Waals surface area contributed by atoms with E-state index in [1.54, 1.807) is 10.3 Å². The van der Waals surface area contributed by atoms with E-state index in [0.717, 1.165) is 17.8 Å². The molecule has 2 aliphatic rings. The van der Waals surface area contributed by atoms with Crippen molar-refractivity contribution in [2.24, 2.45) is 5.92 Å². The summed E-state index contributed by atoms with van der Waals surface area (Å²) in [7, 11) is 0. The summed E-state index contributed by atoms with van der Waals surface area (Å²) < 4.78 is 12.7. The minimum Gasteiger partial charge on any atom is -0.339 e. The molecule has 1 aromatic heterocycles. The van der Waals surface area contributed by atoms with Crippen molar-refractivity contribution in [3.05, 3.63) is 16.1 Å². The number of aromatic nitrogens is 1. The van der Waals surface area contributed by atoms with E-state index >= 15 is 0 Å². The van der Waals surface area contributed by atoms with E-state index in [1.807, 2.05) is 11.8 Å². The van der Waals surface area contributed by atoms with Gasteiger partial charge in [0.2, 0.25) is 5.91 Å². The fourth-order valence-corrected chi connectivity index (χ4v) is 3.86. The highest BCUT2D eigenvalue weighted by Gasteiger charge is 2.36. The number of carbonyl (C=O) groups is 2. The topological polar surface area (TPSA) is 53.5 Å². The van der Waals surface area contributed by atoms with Crippen LogP contribution in [0.1, 0.15) is 34.8 Å². The molecule has 3 rings (SSSR count). The zero-order valence-electron chi connectivity index (χ0n) is 12.6. The molecule has 2 fully saturated rings. The van der Waals surface area contributed by atoms with Crippen LogP contribution in [0.3, 0.4) is 0 Å². The van der Waals surface area contributed by atoms with E-state index in [-0.39, 0.29) is 23.8 Å². The van der Waals surface area contributed by atoms with Gasteiger partial charge in [-0.25, -0.2) is 4.98 Å². The maximum absolute atomic E-state index is 12.7. The van der Waals surface area contributed by atoms with Crippen LogP contribution < -0.4 is 0 Å². The predicted molar refractivity (Wildman–Crippen MR) is 81.6 cm³/mol. The van der Waals surface area contributed by atoms with Gasteiger partial charge < -0.3 is 9.80 Å². The molecule has 0 radical (unpaired) electrons. The van der Waals surface area contributed by atoms with Gasteiger partial charge in [0.15, 0.2) is 0 Å². The summed E-state index contributed by atoms with van der Waals surface area (Å²) in [6.07, 6.45) is 1.85. The van der Waals surface area contributed by atoms with Gasteiger partial charge in [-0.1, -0.05) is 0 Å². The molecule has 3 heterocycles. The number of hydrogen-bond acceptors (Lipinski definition) is 4. The molecule has 1 atom stereocenters. The van der Waals surface area contributed by atoms with Crippen molar-refractivity contribution < 1.29 is 14.0 Å². The Bertz CT molecular complexity index is 569. The molecule has 0 aliphatic carbocycles.